The summed E-state index contributed by atoms with van der Waals surface area (Å²) in [6.45, 7) is 0.125. The molecule has 6 heteroatoms. The summed E-state index contributed by atoms with van der Waals surface area (Å²) in [4.78, 5) is 10.5. The lowest BCUT2D eigenvalue weighted by atomic mass is 10.0. The first-order valence-corrected chi connectivity index (χ1v) is 6.04. The summed E-state index contributed by atoms with van der Waals surface area (Å²) in [7, 11) is 1.39. The minimum absolute atomic E-state index is 0.0733. The molecule has 0 unspecified atom stereocenters. The van der Waals surface area contributed by atoms with Crippen molar-refractivity contribution in [1.29, 1.82) is 0 Å². The number of methoxy groups -OCH3 is 1. The van der Waals surface area contributed by atoms with E-state index in [0.29, 0.717) is 11.3 Å². The minimum Gasteiger partial charge on any atom is -0.491 e. The van der Waals surface area contributed by atoms with Gasteiger partial charge >= 0.3 is 5.97 Å². The maximum atomic E-state index is 10.5. The third-order valence-corrected chi connectivity index (χ3v) is 2.59. The lowest BCUT2D eigenvalue weighted by Crippen LogP contribution is -2.18. The van der Waals surface area contributed by atoms with Crippen LogP contribution in [0.1, 0.15) is 11.7 Å². The Morgan fingerprint density at radius 1 is 1.35 bits per heavy atom. The molecule has 2 atom stereocenters. The fourth-order valence-corrected chi connectivity index (χ4v) is 1.60. The van der Waals surface area contributed by atoms with Crippen molar-refractivity contribution in [2.75, 3.05) is 20.3 Å². The van der Waals surface area contributed by atoms with Gasteiger partial charge in [0, 0.05) is 13.2 Å². The molecule has 0 aliphatic heterocycles. The van der Waals surface area contributed by atoms with Crippen LogP contribution in [0, 0.1) is 0 Å². The van der Waals surface area contributed by atoms with E-state index in [9.17, 15) is 9.90 Å². The highest BCUT2D eigenvalue weighted by Gasteiger charge is 2.18. The predicted molar refractivity (Wildman–Crippen MR) is 71.6 cm³/mol. The predicted octanol–water partition coefficient (Wildman–Crippen LogP) is 0.747. The number of carboxylic acids is 1. The topological polar surface area (TPSA) is 96.2 Å². The summed E-state index contributed by atoms with van der Waals surface area (Å²) < 4.78 is 10.2. The molecule has 110 valence electrons. The van der Waals surface area contributed by atoms with Gasteiger partial charge in [-0.3, -0.25) is 0 Å². The summed E-state index contributed by atoms with van der Waals surface area (Å²) in [5.74, 6) is -0.531. The van der Waals surface area contributed by atoms with Gasteiger partial charge in [0.2, 0.25) is 0 Å². The van der Waals surface area contributed by atoms with Crippen molar-refractivity contribution in [1.82, 2.24) is 0 Å². The SMILES string of the molecule is CO[C@@H](/C=C/C(=O)O)[C@@H](O)c1ccc(OCCO)cc1. The maximum absolute atomic E-state index is 10.5. The van der Waals surface area contributed by atoms with E-state index in [1.54, 1.807) is 24.3 Å². The molecule has 1 rings (SSSR count). The largest absolute Gasteiger partial charge is 0.491 e. The first kappa shape index (κ1) is 16.2. The molecule has 0 amide bonds. The summed E-state index contributed by atoms with van der Waals surface area (Å²) in [6, 6.07) is 6.61. The molecule has 0 saturated heterocycles. The molecular formula is C14H18O6. The molecule has 0 aromatic heterocycles. The number of carboxylic acid groups (broad SMARTS) is 1. The van der Waals surface area contributed by atoms with Gasteiger partial charge in [-0.2, -0.15) is 0 Å². The second-order valence-electron chi connectivity index (χ2n) is 3.98. The molecule has 0 aliphatic rings. The number of benzene rings is 1. The highest BCUT2D eigenvalue weighted by atomic mass is 16.5. The van der Waals surface area contributed by atoms with Crippen LogP contribution in [0.3, 0.4) is 0 Å². The summed E-state index contributed by atoms with van der Waals surface area (Å²) >= 11 is 0. The van der Waals surface area contributed by atoms with Crippen LogP contribution in [0.4, 0.5) is 0 Å². The fraction of sp³-hybridized carbons (Fsp3) is 0.357. The van der Waals surface area contributed by atoms with Gasteiger partial charge in [-0.05, 0) is 23.8 Å². The van der Waals surface area contributed by atoms with Gasteiger partial charge in [0.05, 0.1) is 6.61 Å². The lowest BCUT2D eigenvalue weighted by molar-refractivity contribution is -0.131. The molecule has 0 heterocycles. The van der Waals surface area contributed by atoms with Crippen LogP contribution in [0.2, 0.25) is 0 Å². The Kier molecular flexibility index (Phi) is 6.72. The number of aliphatic hydroxyl groups is 2. The maximum Gasteiger partial charge on any atom is 0.328 e. The first-order chi connectivity index (χ1) is 9.58. The number of carbonyl (C=O) groups is 1. The zero-order chi connectivity index (χ0) is 15.0. The molecule has 20 heavy (non-hydrogen) atoms. The number of aliphatic carboxylic acids is 1. The highest BCUT2D eigenvalue weighted by Crippen LogP contribution is 2.22. The van der Waals surface area contributed by atoms with E-state index in [2.05, 4.69) is 0 Å². The van der Waals surface area contributed by atoms with E-state index in [1.807, 2.05) is 0 Å². The highest BCUT2D eigenvalue weighted by molar-refractivity contribution is 5.79. The molecule has 0 spiro atoms. The quantitative estimate of drug-likeness (QED) is 0.609. The van der Waals surface area contributed by atoms with Crippen LogP contribution in [-0.2, 0) is 9.53 Å². The number of hydrogen-bond donors (Lipinski definition) is 3. The second-order valence-corrected chi connectivity index (χ2v) is 3.98. The van der Waals surface area contributed by atoms with Gasteiger partial charge in [0.1, 0.15) is 24.6 Å². The Labute approximate surface area is 116 Å². The lowest BCUT2D eigenvalue weighted by Gasteiger charge is -2.19. The molecule has 0 aliphatic carbocycles. The second kappa shape index (κ2) is 8.31. The summed E-state index contributed by atoms with van der Waals surface area (Å²) in [6.07, 6.45) is 0.469. The Morgan fingerprint density at radius 2 is 2.00 bits per heavy atom. The average Bonchev–Trinajstić information content (AvgIpc) is 2.45. The van der Waals surface area contributed by atoms with E-state index in [0.717, 1.165) is 6.08 Å². The Hall–Kier alpha value is -1.89. The number of hydrogen-bond acceptors (Lipinski definition) is 5. The first-order valence-electron chi connectivity index (χ1n) is 6.04. The van der Waals surface area contributed by atoms with Crippen molar-refractivity contribution < 1.29 is 29.6 Å². The monoisotopic (exact) mass is 282 g/mol. The van der Waals surface area contributed by atoms with Crippen LogP contribution in [0.15, 0.2) is 36.4 Å². The summed E-state index contributed by atoms with van der Waals surface area (Å²) in [5.41, 5.74) is 0.572. The normalized spacial score (nSPS) is 14.2. The molecule has 0 bridgehead atoms. The van der Waals surface area contributed by atoms with Gasteiger partial charge in [-0.1, -0.05) is 12.1 Å². The van der Waals surface area contributed by atoms with E-state index >= 15 is 0 Å². The molecule has 1 aromatic rings. The van der Waals surface area contributed by atoms with Crippen molar-refractivity contribution in [3.63, 3.8) is 0 Å². The Bertz CT molecular complexity index is 439. The van der Waals surface area contributed by atoms with Gasteiger partial charge in [0.25, 0.3) is 0 Å². The van der Waals surface area contributed by atoms with Crippen molar-refractivity contribution in [2.45, 2.75) is 12.2 Å². The number of rotatable bonds is 8. The van der Waals surface area contributed by atoms with Crippen LogP contribution in [-0.4, -0.2) is 47.7 Å². The third-order valence-electron chi connectivity index (χ3n) is 2.59. The molecule has 0 saturated carbocycles. The van der Waals surface area contributed by atoms with Crippen LogP contribution in [0.25, 0.3) is 0 Å². The smallest absolute Gasteiger partial charge is 0.328 e. The Morgan fingerprint density at radius 3 is 2.50 bits per heavy atom. The van der Waals surface area contributed by atoms with Crippen molar-refractivity contribution >= 4 is 5.97 Å². The molecule has 0 fully saturated rings. The fourth-order valence-electron chi connectivity index (χ4n) is 1.60. The average molecular weight is 282 g/mol. The van der Waals surface area contributed by atoms with E-state index < -0.39 is 18.2 Å². The molecule has 1 aromatic carbocycles. The van der Waals surface area contributed by atoms with Crippen molar-refractivity contribution in [3.05, 3.63) is 42.0 Å². The van der Waals surface area contributed by atoms with E-state index in [-0.39, 0.29) is 13.2 Å². The van der Waals surface area contributed by atoms with Gasteiger partial charge < -0.3 is 24.8 Å². The van der Waals surface area contributed by atoms with Gasteiger partial charge in [-0.15, -0.1) is 0 Å². The number of ether oxygens (including phenoxy) is 2. The zero-order valence-electron chi connectivity index (χ0n) is 11.1. The van der Waals surface area contributed by atoms with Crippen LogP contribution < -0.4 is 4.74 Å². The van der Waals surface area contributed by atoms with E-state index in [4.69, 9.17) is 19.7 Å². The van der Waals surface area contributed by atoms with Gasteiger partial charge in [-0.25, -0.2) is 4.79 Å². The number of aliphatic hydroxyl groups excluding tert-OH is 2. The molecule has 0 radical (unpaired) electrons. The zero-order valence-corrected chi connectivity index (χ0v) is 11.1. The minimum atomic E-state index is -1.10. The molecule has 6 nitrogen and oxygen atoms in total. The standard InChI is InChI=1S/C14H18O6/c1-19-12(6-7-13(16)17)14(18)10-2-4-11(5-3-10)20-9-8-15/h2-7,12,14-15,18H,8-9H2,1H3,(H,16,17)/b7-6+/t12-,14-/m0/s1. The van der Waals surface area contributed by atoms with Crippen molar-refractivity contribution in [3.8, 4) is 5.75 Å². The molecular weight excluding hydrogens is 264 g/mol. The van der Waals surface area contributed by atoms with Crippen molar-refractivity contribution in [2.24, 2.45) is 0 Å². The summed E-state index contributed by atoms with van der Waals surface area (Å²) in [5, 5.41) is 27.3. The van der Waals surface area contributed by atoms with Gasteiger partial charge in [0.15, 0.2) is 0 Å². The Balaban J connectivity index is 2.74. The van der Waals surface area contributed by atoms with Crippen LogP contribution >= 0.6 is 0 Å². The van der Waals surface area contributed by atoms with E-state index in [1.165, 1.54) is 13.2 Å². The third kappa shape index (κ3) is 5.00. The molecule has 3 N–H and O–H groups in total. The van der Waals surface area contributed by atoms with Crippen LogP contribution in [0.5, 0.6) is 5.75 Å².